The molecule has 2 unspecified atom stereocenters. The highest BCUT2D eigenvalue weighted by molar-refractivity contribution is 5.83. The van der Waals surface area contributed by atoms with E-state index in [9.17, 15) is 9.18 Å². The third-order valence-electron chi connectivity index (χ3n) is 3.72. The molecule has 0 bridgehead atoms. The van der Waals surface area contributed by atoms with Gasteiger partial charge in [0.1, 0.15) is 5.82 Å². The largest absolute Gasteiger partial charge is 0.379 e. The van der Waals surface area contributed by atoms with Crippen LogP contribution < -0.4 is 5.73 Å². The van der Waals surface area contributed by atoms with E-state index in [-0.39, 0.29) is 24.3 Å². The van der Waals surface area contributed by atoms with E-state index >= 15 is 0 Å². The second-order valence-corrected chi connectivity index (χ2v) is 5.29. The molecule has 4 nitrogen and oxygen atoms in total. The summed E-state index contributed by atoms with van der Waals surface area (Å²) in [6, 6.07) is 6.13. The fourth-order valence-electron chi connectivity index (χ4n) is 2.30. The number of halogens is 1. The van der Waals surface area contributed by atoms with Crippen molar-refractivity contribution in [2.24, 2.45) is 11.1 Å². The number of amides is 1. The van der Waals surface area contributed by atoms with Gasteiger partial charge in [0.2, 0.25) is 5.91 Å². The molecule has 0 saturated carbocycles. The van der Waals surface area contributed by atoms with Crippen LogP contribution in [0.4, 0.5) is 4.39 Å². The average molecular weight is 266 g/mol. The van der Waals surface area contributed by atoms with Crippen molar-refractivity contribution in [3.8, 4) is 0 Å². The molecule has 0 radical (unpaired) electrons. The summed E-state index contributed by atoms with van der Waals surface area (Å²) >= 11 is 0. The predicted molar refractivity (Wildman–Crippen MR) is 69.8 cm³/mol. The fourth-order valence-corrected chi connectivity index (χ4v) is 2.30. The van der Waals surface area contributed by atoms with Crippen molar-refractivity contribution < 1.29 is 13.9 Å². The Balaban J connectivity index is 2.10. The van der Waals surface area contributed by atoms with Gasteiger partial charge in [-0.25, -0.2) is 4.39 Å². The van der Waals surface area contributed by atoms with Gasteiger partial charge >= 0.3 is 0 Å². The second-order valence-electron chi connectivity index (χ2n) is 5.29. The van der Waals surface area contributed by atoms with Gasteiger partial charge in [-0.1, -0.05) is 18.2 Å². The number of hydrogen-bond donors (Lipinski definition) is 1. The van der Waals surface area contributed by atoms with Gasteiger partial charge in [0.25, 0.3) is 0 Å². The van der Waals surface area contributed by atoms with Crippen molar-refractivity contribution in [2.75, 3.05) is 20.3 Å². The Hall–Kier alpha value is -1.46. The Bertz CT molecular complexity index is 480. The number of nitrogens with two attached hydrogens (primary N) is 1. The molecular weight excluding hydrogens is 247 g/mol. The molecule has 2 N–H and O–H groups in total. The first-order chi connectivity index (χ1) is 8.95. The van der Waals surface area contributed by atoms with Crippen LogP contribution in [-0.2, 0) is 16.1 Å². The van der Waals surface area contributed by atoms with Crippen molar-refractivity contribution in [3.05, 3.63) is 35.6 Å². The van der Waals surface area contributed by atoms with Crippen LogP contribution >= 0.6 is 0 Å². The van der Waals surface area contributed by atoms with Crippen LogP contribution in [0.1, 0.15) is 12.5 Å². The summed E-state index contributed by atoms with van der Waals surface area (Å²) in [5.74, 6) is -0.417. The predicted octanol–water partition coefficient (Wildman–Crippen LogP) is 1.15. The molecule has 1 saturated heterocycles. The average Bonchev–Trinajstić information content (AvgIpc) is 2.72. The number of carbonyl (C=O) groups is 1. The molecule has 0 aromatic heterocycles. The van der Waals surface area contributed by atoms with Crippen LogP contribution in [0.15, 0.2) is 24.3 Å². The molecule has 104 valence electrons. The fraction of sp³-hybridized carbons (Fsp3) is 0.500. The standard InChI is InChI=1S/C14H19FN2O2/c1-14(9-19-8-12(14)16)13(18)17(2)7-10-5-3-4-6-11(10)15/h3-6,12H,7-9,16H2,1-2H3. The number of carbonyl (C=O) groups excluding carboxylic acids is 1. The van der Waals surface area contributed by atoms with Gasteiger partial charge in [0.15, 0.2) is 0 Å². The Morgan fingerprint density at radius 3 is 2.84 bits per heavy atom. The van der Waals surface area contributed by atoms with Crippen LogP contribution in [0.25, 0.3) is 0 Å². The molecule has 1 aromatic carbocycles. The summed E-state index contributed by atoms with van der Waals surface area (Å²) in [7, 11) is 1.66. The van der Waals surface area contributed by atoms with Crippen LogP contribution in [0.3, 0.4) is 0 Å². The minimum Gasteiger partial charge on any atom is -0.379 e. The van der Waals surface area contributed by atoms with Gasteiger partial charge in [-0.15, -0.1) is 0 Å². The van der Waals surface area contributed by atoms with Gasteiger partial charge in [-0.2, -0.15) is 0 Å². The third-order valence-corrected chi connectivity index (χ3v) is 3.72. The molecule has 2 atom stereocenters. The van der Waals surface area contributed by atoms with Crippen molar-refractivity contribution in [3.63, 3.8) is 0 Å². The topological polar surface area (TPSA) is 55.6 Å². The zero-order valence-electron chi connectivity index (χ0n) is 11.2. The zero-order chi connectivity index (χ0) is 14.0. The SMILES string of the molecule is CN(Cc1ccccc1F)C(=O)C1(C)COCC1N. The van der Waals surface area contributed by atoms with Crippen LogP contribution in [0.2, 0.25) is 0 Å². The molecule has 1 aliphatic rings. The molecule has 2 rings (SSSR count). The van der Waals surface area contributed by atoms with E-state index in [1.807, 2.05) is 0 Å². The van der Waals surface area contributed by atoms with E-state index in [0.717, 1.165) is 0 Å². The lowest BCUT2D eigenvalue weighted by Crippen LogP contribution is -2.50. The Kier molecular flexibility index (Phi) is 3.87. The minimum absolute atomic E-state index is 0.110. The summed E-state index contributed by atoms with van der Waals surface area (Å²) in [5, 5.41) is 0. The van der Waals surface area contributed by atoms with Crippen molar-refractivity contribution in [2.45, 2.75) is 19.5 Å². The molecule has 1 fully saturated rings. The molecule has 1 amide bonds. The van der Waals surface area contributed by atoms with Gasteiger partial charge in [0, 0.05) is 25.2 Å². The maximum atomic E-state index is 13.6. The molecule has 19 heavy (non-hydrogen) atoms. The highest BCUT2D eigenvalue weighted by Gasteiger charge is 2.45. The normalized spacial score (nSPS) is 26.4. The summed E-state index contributed by atoms with van der Waals surface area (Å²) < 4.78 is 18.8. The van der Waals surface area contributed by atoms with E-state index < -0.39 is 5.41 Å². The minimum atomic E-state index is -0.722. The van der Waals surface area contributed by atoms with Gasteiger partial charge in [0.05, 0.1) is 18.6 Å². The number of ether oxygens (including phenoxy) is 1. The second kappa shape index (κ2) is 5.27. The van der Waals surface area contributed by atoms with Crippen molar-refractivity contribution in [1.82, 2.24) is 4.90 Å². The highest BCUT2D eigenvalue weighted by Crippen LogP contribution is 2.29. The Labute approximate surface area is 112 Å². The first-order valence-corrected chi connectivity index (χ1v) is 6.27. The van der Waals surface area contributed by atoms with Crippen LogP contribution in [-0.4, -0.2) is 37.1 Å². The van der Waals surface area contributed by atoms with E-state index in [0.29, 0.717) is 18.8 Å². The first-order valence-electron chi connectivity index (χ1n) is 6.27. The molecule has 1 aliphatic heterocycles. The molecule has 5 heteroatoms. The van der Waals surface area contributed by atoms with Crippen molar-refractivity contribution >= 4 is 5.91 Å². The number of benzene rings is 1. The van der Waals surface area contributed by atoms with E-state index in [1.165, 1.54) is 11.0 Å². The van der Waals surface area contributed by atoms with Gasteiger partial charge in [-0.05, 0) is 13.0 Å². The smallest absolute Gasteiger partial charge is 0.232 e. The first kappa shape index (κ1) is 14.0. The highest BCUT2D eigenvalue weighted by atomic mass is 19.1. The lowest BCUT2D eigenvalue weighted by atomic mass is 9.84. The molecule has 1 heterocycles. The maximum Gasteiger partial charge on any atom is 0.232 e. The summed E-state index contributed by atoms with van der Waals surface area (Å²) in [6.45, 7) is 2.73. The third kappa shape index (κ3) is 2.62. The number of rotatable bonds is 3. The van der Waals surface area contributed by atoms with Crippen LogP contribution in [0, 0.1) is 11.2 Å². The van der Waals surface area contributed by atoms with E-state index in [1.54, 1.807) is 32.2 Å². The summed E-state index contributed by atoms with van der Waals surface area (Å²) in [6.07, 6.45) is 0. The van der Waals surface area contributed by atoms with Gasteiger partial charge in [-0.3, -0.25) is 4.79 Å². The Morgan fingerprint density at radius 1 is 1.58 bits per heavy atom. The number of hydrogen-bond acceptors (Lipinski definition) is 3. The molecule has 0 aliphatic carbocycles. The lowest BCUT2D eigenvalue weighted by Gasteiger charge is -2.31. The van der Waals surface area contributed by atoms with E-state index in [4.69, 9.17) is 10.5 Å². The summed E-state index contributed by atoms with van der Waals surface area (Å²) in [4.78, 5) is 13.9. The molecular formula is C14H19FN2O2. The zero-order valence-corrected chi connectivity index (χ0v) is 11.2. The number of nitrogens with zero attached hydrogens (tertiary/aromatic N) is 1. The Morgan fingerprint density at radius 2 is 2.26 bits per heavy atom. The monoisotopic (exact) mass is 266 g/mol. The summed E-state index contributed by atoms with van der Waals surface area (Å²) in [5.41, 5.74) is 5.70. The van der Waals surface area contributed by atoms with E-state index in [2.05, 4.69) is 0 Å². The van der Waals surface area contributed by atoms with Gasteiger partial charge < -0.3 is 15.4 Å². The van der Waals surface area contributed by atoms with Crippen molar-refractivity contribution in [1.29, 1.82) is 0 Å². The van der Waals surface area contributed by atoms with Crippen LogP contribution in [0.5, 0.6) is 0 Å². The molecule has 1 aromatic rings. The molecule has 0 spiro atoms. The maximum absolute atomic E-state index is 13.6. The quantitative estimate of drug-likeness (QED) is 0.893. The lowest BCUT2D eigenvalue weighted by molar-refractivity contribution is -0.141.